The Morgan fingerprint density at radius 1 is 1.67 bits per heavy atom. The van der Waals surface area contributed by atoms with Gasteiger partial charge in [0.25, 0.3) is 0 Å². The molecule has 3 heteroatoms. The van der Waals surface area contributed by atoms with E-state index in [4.69, 9.17) is 10.2 Å². The molecule has 0 bridgehead atoms. The van der Waals surface area contributed by atoms with Crippen LogP contribution >= 0.6 is 0 Å². The summed E-state index contributed by atoms with van der Waals surface area (Å²) >= 11 is 0. The van der Waals surface area contributed by atoms with Crippen molar-refractivity contribution in [3.8, 4) is 0 Å². The van der Waals surface area contributed by atoms with Crippen LogP contribution in [0.25, 0.3) is 0 Å². The van der Waals surface area contributed by atoms with Crippen LogP contribution in [0.5, 0.6) is 0 Å². The van der Waals surface area contributed by atoms with E-state index in [-0.39, 0.29) is 6.61 Å². The quantitative estimate of drug-likeness (QED) is 0.630. The van der Waals surface area contributed by atoms with E-state index >= 15 is 0 Å². The lowest BCUT2D eigenvalue weighted by Gasteiger charge is -2.23. The zero-order valence-corrected chi connectivity index (χ0v) is 7.27. The van der Waals surface area contributed by atoms with Crippen molar-refractivity contribution >= 4 is 0 Å². The van der Waals surface area contributed by atoms with Crippen molar-refractivity contribution in [1.82, 2.24) is 4.90 Å². The Labute approximate surface area is 72.6 Å². The minimum Gasteiger partial charge on any atom is -0.394 e. The third-order valence-electron chi connectivity index (χ3n) is 1.85. The fourth-order valence-electron chi connectivity index (χ4n) is 1.08. The molecule has 2 N–H and O–H groups in total. The minimum absolute atomic E-state index is 0.174. The molecule has 1 unspecified atom stereocenters. The summed E-state index contributed by atoms with van der Waals surface area (Å²) in [5.41, 5.74) is 1.24. The van der Waals surface area contributed by atoms with E-state index in [1.807, 2.05) is 24.1 Å². The summed E-state index contributed by atoms with van der Waals surface area (Å²) in [6.45, 7) is 3.18. The lowest BCUT2D eigenvalue weighted by Crippen LogP contribution is -2.31. The fraction of sp³-hybridized carbons (Fsp3) is 0.556. The van der Waals surface area contributed by atoms with Crippen molar-refractivity contribution in [3.05, 3.63) is 23.9 Å². The molecule has 0 radical (unpaired) electrons. The monoisotopic (exact) mass is 169 g/mol. The fourth-order valence-corrected chi connectivity index (χ4v) is 1.08. The summed E-state index contributed by atoms with van der Waals surface area (Å²) in [4.78, 5) is 1.97. The van der Waals surface area contributed by atoms with Crippen molar-refractivity contribution in [1.29, 1.82) is 0 Å². The summed E-state index contributed by atoms with van der Waals surface area (Å²) in [5, 5.41) is 17.7. The van der Waals surface area contributed by atoms with Gasteiger partial charge in [-0.2, -0.15) is 0 Å². The molecule has 1 atom stereocenters. The first-order chi connectivity index (χ1) is 5.72. The predicted molar refractivity (Wildman–Crippen MR) is 47.6 cm³/mol. The van der Waals surface area contributed by atoms with Gasteiger partial charge in [-0.1, -0.05) is 11.6 Å². The molecule has 0 aromatic heterocycles. The van der Waals surface area contributed by atoms with Crippen LogP contribution in [-0.4, -0.2) is 40.9 Å². The maximum atomic E-state index is 9.13. The van der Waals surface area contributed by atoms with Gasteiger partial charge in [-0.05, 0) is 19.2 Å². The number of hydrogen-bond donors (Lipinski definition) is 2. The van der Waals surface area contributed by atoms with E-state index in [2.05, 4.69) is 6.08 Å². The average Bonchev–Trinajstić information content (AvgIpc) is 2.09. The van der Waals surface area contributed by atoms with E-state index in [1.54, 1.807) is 0 Å². The molecule has 1 aliphatic rings. The number of hydrogen-bond acceptors (Lipinski definition) is 3. The van der Waals surface area contributed by atoms with Gasteiger partial charge in [-0.15, -0.1) is 0 Å². The van der Waals surface area contributed by atoms with E-state index in [0.29, 0.717) is 6.54 Å². The van der Waals surface area contributed by atoms with Gasteiger partial charge in [0, 0.05) is 13.1 Å². The second-order valence-electron chi connectivity index (χ2n) is 3.05. The highest BCUT2D eigenvalue weighted by Crippen LogP contribution is 2.05. The van der Waals surface area contributed by atoms with Crippen LogP contribution in [0.1, 0.15) is 6.92 Å². The third-order valence-corrected chi connectivity index (χ3v) is 1.85. The summed E-state index contributed by atoms with van der Waals surface area (Å²) in [6.07, 6.45) is 5.38. The van der Waals surface area contributed by atoms with Crippen LogP contribution in [0, 0.1) is 0 Å². The normalized spacial score (nSPS) is 19.2. The largest absolute Gasteiger partial charge is 0.394 e. The van der Waals surface area contributed by atoms with Crippen LogP contribution in [0.15, 0.2) is 23.9 Å². The number of rotatable bonds is 3. The molecule has 1 heterocycles. The maximum Gasteiger partial charge on any atom is 0.0945 e. The SMILES string of the molecule is CC1=CCN(CC(O)CO)C=C1. The van der Waals surface area contributed by atoms with Crippen LogP contribution in [-0.2, 0) is 0 Å². The Morgan fingerprint density at radius 2 is 2.42 bits per heavy atom. The van der Waals surface area contributed by atoms with Crippen molar-refractivity contribution in [2.24, 2.45) is 0 Å². The summed E-state index contributed by atoms with van der Waals surface area (Å²) in [7, 11) is 0. The molecule has 0 saturated carbocycles. The Bertz CT molecular complexity index is 199. The van der Waals surface area contributed by atoms with E-state index < -0.39 is 6.10 Å². The Morgan fingerprint density at radius 3 is 2.92 bits per heavy atom. The summed E-state index contributed by atoms with van der Waals surface area (Å²) < 4.78 is 0. The Balaban J connectivity index is 2.33. The zero-order chi connectivity index (χ0) is 8.97. The minimum atomic E-state index is -0.638. The molecular weight excluding hydrogens is 154 g/mol. The van der Waals surface area contributed by atoms with Gasteiger partial charge < -0.3 is 15.1 Å². The van der Waals surface area contributed by atoms with Gasteiger partial charge in [0.15, 0.2) is 0 Å². The number of allylic oxidation sites excluding steroid dienone is 2. The second-order valence-corrected chi connectivity index (χ2v) is 3.05. The van der Waals surface area contributed by atoms with Crippen molar-refractivity contribution in [2.45, 2.75) is 13.0 Å². The highest BCUT2D eigenvalue weighted by molar-refractivity contribution is 5.19. The zero-order valence-electron chi connectivity index (χ0n) is 7.27. The predicted octanol–water partition coefficient (Wildman–Crippen LogP) is 0.115. The standard InChI is InChI=1S/C9H15NO2/c1-8-2-4-10(5-3-8)6-9(12)7-11/h2-4,9,11-12H,5-7H2,1H3. The second kappa shape index (κ2) is 4.28. The molecule has 0 aromatic carbocycles. The van der Waals surface area contributed by atoms with E-state index in [1.165, 1.54) is 5.57 Å². The number of aliphatic hydroxyl groups is 2. The van der Waals surface area contributed by atoms with Crippen LogP contribution in [0.3, 0.4) is 0 Å². The van der Waals surface area contributed by atoms with Crippen molar-refractivity contribution < 1.29 is 10.2 Å². The first-order valence-electron chi connectivity index (χ1n) is 4.10. The van der Waals surface area contributed by atoms with Gasteiger partial charge in [0.2, 0.25) is 0 Å². The lowest BCUT2D eigenvalue weighted by molar-refractivity contribution is 0.0738. The summed E-state index contributed by atoms with van der Waals surface area (Å²) in [6, 6.07) is 0. The number of nitrogens with zero attached hydrogens (tertiary/aromatic N) is 1. The molecule has 3 nitrogen and oxygen atoms in total. The Hall–Kier alpha value is -0.800. The molecule has 0 saturated heterocycles. The average molecular weight is 169 g/mol. The molecule has 12 heavy (non-hydrogen) atoms. The molecule has 0 aliphatic carbocycles. The first-order valence-corrected chi connectivity index (χ1v) is 4.10. The highest BCUT2D eigenvalue weighted by Gasteiger charge is 2.07. The highest BCUT2D eigenvalue weighted by atomic mass is 16.3. The Kier molecular flexibility index (Phi) is 3.31. The third kappa shape index (κ3) is 2.68. The van der Waals surface area contributed by atoms with Gasteiger partial charge in [-0.25, -0.2) is 0 Å². The number of aliphatic hydroxyl groups excluding tert-OH is 2. The smallest absolute Gasteiger partial charge is 0.0945 e. The molecular formula is C9H15NO2. The van der Waals surface area contributed by atoms with Gasteiger partial charge >= 0.3 is 0 Å². The van der Waals surface area contributed by atoms with Crippen LogP contribution in [0.2, 0.25) is 0 Å². The maximum absolute atomic E-state index is 9.13. The van der Waals surface area contributed by atoms with E-state index in [9.17, 15) is 0 Å². The molecule has 0 fully saturated rings. The van der Waals surface area contributed by atoms with Crippen molar-refractivity contribution in [2.75, 3.05) is 19.7 Å². The topological polar surface area (TPSA) is 43.7 Å². The molecule has 0 amide bonds. The van der Waals surface area contributed by atoms with Crippen LogP contribution < -0.4 is 0 Å². The number of β-amino-alcohol motifs (C(OH)–C–C–N with tert-alkyl or cyclic N) is 1. The lowest BCUT2D eigenvalue weighted by atomic mass is 10.2. The molecule has 0 aromatic rings. The molecule has 68 valence electrons. The molecule has 1 aliphatic heterocycles. The summed E-state index contributed by atoms with van der Waals surface area (Å²) in [5.74, 6) is 0. The van der Waals surface area contributed by atoms with Gasteiger partial charge in [-0.3, -0.25) is 0 Å². The van der Waals surface area contributed by atoms with E-state index in [0.717, 1.165) is 6.54 Å². The van der Waals surface area contributed by atoms with Gasteiger partial charge in [0.1, 0.15) is 0 Å². The van der Waals surface area contributed by atoms with Crippen molar-refractivity contribution in [3.63, 3.8) is 0 Å². The molecule has 1 rings (SSSR count). The van der Waals surface area contributed by atoms with Gasteiger partial charge in [0.05, 0.1) is 12.7 Å². The molecule has 0 spiro atoms. The first kappa shape index (κ1) is 9.29. The van der Waals surface area contributed by atoms with Crippen LogP contribution in [0.4, 0.5) is 0 Å².